The summed E-state index contributed by atoms with van der Waals surface area (Å²) in [6, 6.07) is 9.84. The van der Waals surface area contributed by atoms with Gasteiger partial charge < -0.3 is 10.5 Å². The molecule has 2 rings (SSSR count). The highest BCUT2D eigenvalue weighted by atomic mass is 32.2. The quantitative estimate of drug-likeness (QED) is 0.941. The zero-order chi connectivity index (χ0) is 15.6. The van der Waals surface area contributed by atoms with E-state index in [0.717, 1.165) is 6.26 Å². The van der Waals surface area contributed by atoms with E-state index in [-0.39, 0.29) is 10.5 Å². The number of ether oxygens (including phenoxy) is 1. The second-order valence-corrected chi connectivity index (χ2v) is 6.73. The van der Waals surface area contributed by atoms with Crippen LogP contribution in [0.2, 0.25) is 0 Å². The van der Waals surface area contributed by atoms with Gasteiger partial charge in [-0.1, -0.05) is 18.2 Å². The molecule has 0 aliphatic carbocycles. The molecule has 0 amide bonds. The zero-order valence-electron chi connectivity index (χ0n) is 11.7. The minimum Gasteiger partial charge on any atom is -0.497 e. The molecule has 0 spiro atoms. The molecule has 4 nitrogen and oxygen atoms in total. The van der Waals surface area contributed by atoms with Crippen LogP contribution in [0.1, 0.15) is 17.2 Å². The lowest BCUT2D eigenvalue weighted by atomic mass is 9.99. The van der Waals surface area contributed by atoms with Crippen molar-refractivity contribution in [2.75, 3.05) is 13.4 Å². The molecular weight excluding hydrogens is 293 g/mol. The summed E-state index contributed by atoms with van der Waals surface area (Å²) in [6.45, 7) is 0. The van der Waals surface area contributed by atoms with Crippen LogP contribution in [0.3, 0.4) is 0 Å². The van der Waals surface area contributed by atoms with Crippen LogP contribution in [-0.4, -0.2) is 21.8 Å². The standard InChI is InChI=1S/C15H16FNO3S/c1-20-11-6-7-13(14(16)9-11)15(17)10-4-3-5-12(8-10)21(2,18)19/h3-9,15H,17H2,1-2H3. The van der Waals surface area contributed by atoms with Gasteiger partial charge in [0, 0.05) is 17.9 Å². The van der Waals surface area contributed by atoms with E-state index in [2.05, 4.69) is 0 Å². The van der Waals surface area contributed by atoms with E-state index in [1.54, 1.807) is 18.2 Å². The lowest BCUT2D eigenvalue weighted by Gasteiger charge is -2.15. The summed E-state index contributed by atoms with van der Waals surface area (Å²) in [5, 5.41) is 0. The number of methoxy groups -OCH3 is 1. The van der Waals surface area contributed by atoms with Crippen molar-refractivity contribution >= 4 is 9.84 Å². The van der Waals surface area contributed by atoms with Crippen molar-refractivity contribution in [3.63, 3.8) is 0 Å². The van der Waals surface area contributed by atoms with Gasteiger partial charge in [0.15, 0.2) is 9.84 Å². The van der Waals surface area contributed by atoms with Crippen LogP contribution in [0.5, 0.6) is 5.75 Å². The number of hydrogen-bond acceptors (Lipinski definition) is 4. The first kappa shape index (κ1) is 15.5. The molecule has 21 heavy (non-hydrogen) atoms. The summed E-state index contributed by atoms with van der Waals surface area (Å²) >= 11 is 0. The van der Waals surface area contributed by atoms with Crippen molar-refractivity contribution in [1.29, 1.82) is 0 Å². The Morgan fingerprint density at radius 2 is 1.90 bits per heavy atom. The number of benzene rings is 2. The lowest BCUT2D eigenvalue weighted by Crippen LogP contribution is -2.14. The molecule has 1 unspecified atom stereocenters. The molecule has 0 heterocycles. The summed E-state index contributed by atoms with van der Waals surface area (Å²) in [5.74, 6) is -0.0973. The number of sulfone groups is 1. The first-order valence-electron chi connectivity index (χ1n) is 6.22. The van der Waals surface area contributed by atoms with E-state index in [1.165, 1.54) is 31.4 Å². The van der Waals surface area contributed by atoms with Crippen LogP contribution in [0.4, 0.5) is 4.39 Å². The Hall–Kier alpha value is -1.92. The molecule has 2 aromatic carbocycles. The van der Waals surface area contributed by atoms with Gasteiger partial charge in [0.25, 0.3) is 0 Å². The normalized spacial score (nSPS) is 13.0. The summed E-state index contributed by atoms with van der Waals surface area (Å²) < 4.78 is 42.1. The predicted molar refractivity (Wildman–Crippen MR) is 78.5 cm³/mol. The fourth-order valence-electron chi connectivity index (χ4n) is 2.01. The first-order valence-corrected chi connectivity index (χ1v) is 8.11. The van der Waals surface area contributed by atoms with Gasteiger partial charge in [0.05, 0.1) is 18.0 Å². The SMILES string of the molecule is COc1ccc(C(N)c2cccc(S(C)(=O)=O)c2)c(F)c1. The molecule has 2 aromatic rings. The topological polar surface area (TPSA) is 69.4 Å². The zero-order valence-corrected chi connectivity index (χ0v) is 12.5. The van der Waals surface area contributed by atoms with Gasteiger partial charge in [0.2, 0.25) is 0 Å². The van der Waals surface area contributed by atoms with Crippen LogP contribution < -0.4 is 10.5 Å². The van der Waals surface area contributed by atoms with Gasteiger partial charge in [-0.3, -0.25) is 0 Å². The maximum Gasteiger partial charge on any atom is 0.175 e. The molecular formula is C15H16FNO3S. The van der Waals surface area contributed by atoms with Crippen LogP contribution in [0.25, 0.3) is 0 Å². The molecule has 0 aliphatic rings. The Labute approximate surface area is 123 Å². The monoisotopic (exact) mass is 309 g/mol. The van der Waals surface area contributed by atoms with Crippen molar-refractivity contribution in [2.45, 2.75) is 10.9 Å². The maximum atomic E-state index is 14.0. The first-order chi connectivity index (χ1) is 9.82. The average Bonchev–Trinajstić information content (AvgIpc) is 2.45. The Morgan fingerprint density at radius 1 is 1.19 bits per heavy atom. The van der Waals surface area contributed by atoms with E-state index < -0.39 is 21.7 Å². The van der Waals surface area contributed by atoms with Gasteiger partial charge >= 0.3 is 0 Å². The second-order valence-electron chi connectivity index (χ2n) is 4.71. The van der Waals surface area contributed by atoms with E-state index in [1.807, 2.05) is 0 Å². The third-order valence-electron chi connectivity index (χ3n) is 3.19. The molecule has 2 N–H and O–H groups in total. The Balaban J connectivity index is 2.43. The van der Waals surface area contributed by atoms with Crippen LogP contribution in [0, 0.1) is 5.82 Å². The molecule has 0 aromatic heterocycles. The van der Waals surface area contributed by atoms with E-state index >= 15 is 0 Å². The molecule has 6 heteroatoms. The second kappa shape index (κ2) is 5.83. The number of halogens is 1. The fourth-order valence-corrected chi connectivity index (χ4v) is 2.68. The van der Waals surface area contributed by atoms with Crippen LogP contribution in [0.15, 0.2) is 47.4 Å². The van der Waals surface area contributed by atoms with Gasteiger partial charge in [-0.25, -0.2) is 12.8 Å². The van der Waals surface area contributed by atoms with Gasteiger partial charge in [-0.2, -0.15) is 0 Å². The Bertz CT molecular complexity index is 759. The maximum absolute atomic E-state index is 14.0. The number of rotatable bonds is 4. The lowest BCUT2D eigenvalue weighted by molar-refractivity contribution is 0.410. The Kier molecular flexibility index (Phi) is 4.29. The molecule has 0 fully saturated rings. The molecule has 0 bridgehead atoms. The highest BCUT2D eigenvalue weighted by Crippen LogP contribution is 2.26. The van der Waals surface area contributed by atoms with Crippen LogP contribution in [-0.2, 0) is 9.84 Å². The molecule has 0 radical (unpaired) electrons. The minimum atomic E-state index is -3.33. The summed E-state index contributed by atoms with van der Waals surface area (Å²) in [5.41, 5.74) is 6.85. The summed E-state index contributed by atoms with van der Waals surface area (Å²) in [4.78, 5) is 0.157. The van der Waals surface area contributed by atoms with Gasteiger partial charge in [-0.15, -0.1) is 0 Å². The highest BCUT2D eigenvalue weighted by Gasteiger charge is 2.16. The largest absolute Gasteiger partial charge is 0.497 e. The summed E-state index contributed by atoms with van der Waals surface area (Å²) in [7, 11) is -1.88. The number of nitrogens with two attached hydrogens (primary N) is 1. The average molecular weight is 309 g/mol. The van der Waals surface area contributed by atoms with Crippen molar-refractivity contribution in [2.24, 2.45) is 5.73 Å². The molecule has 112 valence electrons. The molecule has 0 aliphatic heterocycles. The van der Waals surface area contributed by atoms with Crippen molar-refractivity contribution in [1.82, 2.24) is 0 Å². The predicted octanol–water partition coefficient (Wildman–Crippen LogP) is 2.29. The summed E-state index contributed by atoms with van der Waals surface area (Å²) in [6.07, 6.45) is 1.12. The van der Waals surface area contributed by atoms with Crippen LogP contribution >= 0.6 is 0 Å². The van der Waals surface area contributed by atoms with Crippen molar-refractivity contribution < 1.29 is 17.5 Å². The van der Waals surface area contributed by atoms with E-state index in [9.17, 15) is 12.8 Å². The van der Waals surface area contributed by atoms with E-state index in [4.69, 9.17) is 10.5 Å². The third kappa shape index (κ3) is 3.40. The van der Waals surface area contributed by atoms with Gasteiger partial charge in [0.1, 0.15) is 11.6 Å². The fraction of sp³-hybridized carbons (Fsp3) is 0.200. The van der Waals surface area contributed by atoms with Crippen molar-refractivity contribution in [3.05, 3.63) is 59.4 Å². The Morgan fingerprint density at radius 3 is 2.48 bits per heavy atom. The van der Waals surface area contributed by atoms with Gasteiger partial charge in [-0.05, 0) is 23.8 Å². The van der Waals surface area contributed by atoms with E-state index in [0.29, 0.717) is 11.3 Å². The molecule has 1 atom stereocenters. The smallest absolute Gasteiger partial charge is 0.175 e. The minimum absolute atomic E-state index is 0.157. The highest BCUT2D eigenvalue weighted by molar-refractivity contribution is 7.90. The molecule has 0 saturated heterocycles. The molecule has 0 saturated carbocycles. The number of hydrogen-bond donors (Lipinski definition) is 1. The van der Waals surface area contributed by atoms with Crippen molar-refractivity contribution in [3.8, 4) is 5.75 Å². The third-order valence-corrected chi connectivity index (χ3v) is 4.30.